The molecule has 0 fully saturated rings. The Hall–Kier alpha value is -3.31. The molecule has 0 amide bonds. The zero-order valence-corrected chi connectivity index (χ0v) is 23.4. The van der Waals surface area contributed by atoms with Gasteiger partial charge in [0.15, 0.2) is 0 Å². The Kier molecular flexibility index (Phi) is 7.38. The van der Waals surface area contributed by atoms with Crippen LogP contribution in [0, 0.1) is 0 Å². The van der Waals surface area contributed by atoms with Gasteiger partial charge in [0.05, 0.1) is 9.79 Å². The van der Waals surface area contributed by atoms with E-state index in [2.05, 4.69) is 41.5 Å². The SMILES string of the molecule is CCC(C)(C)Oc1ccc(Oc2ccc(S(=O)(=O)c3ccc(C(C)(C)CC)cc3)cc2)c2ccccc12. The lowest BCUT2D eigenvalue weighted by atomic mass is 9.82. The van der Waals surface area contributed by atoms with Gasteiger partial charge in [-0.05, 0) is 86.2 Å². The third kappa shape index (κ3) is 5.67. The molecule has 5 heteroatoms. The smallest absolute Gasteiger partial charge is 0.206 e. The lowest BCUT2D eigenvalue weighted by Gasteiger charge is -2.26. The van der Waals surface area contributed by atoms with Crippen molar-refractivity contribution in [2.24, 2.45) is 0 Å². The minimum Gasteiger partial charge on any atom is -0.487 e. The summed E-state index contributed by atoms with van der Waals surface area (Å²) in [5.74, 6) is 2.05. The molecule has 37 heavy (non-hydrogen) atoms. The molecule has 0 heterocycles. The number of sulfone groups is 1. The summed E-state index contributed by atoms with van der Waals surface area (Å²) in [7, 11) is -3.63. The first kappa shape index (κ1) is 26.7. The van der Waals surface area contributed by atoms with Crippen LogP contribution in [0.15, 0.2) is 94.7 Å². The molecule has 0 spiro atoms. The average molecular weight is 517 g/mol. The Bertz CT molecular complexity index is 1480. The highest BCUT2D eigenvalue weighted by Gasteiger charge is 2.22. The van der Waals surface area contributed by atoms with Crippen LogP contribution >= 0.6 is 0 Å². The van der Waals surface area contributed by atoms with E-state index in [1.165, 1.54) is 0 Å². The molecule has 0 saturated heterocycles. The minimum atomic E-state index is -3.63. The van der Waals surface area contributed by atoms with Crippen LogP contribution < -0.4 is 9.47 Å². The van der Waals surface area contributed by atoms with Crippen molar-refractivity contribution in [2.75, 3.05) is 0 Å². The Morgan fingerprint density at radius 3 is 1.70 bits per heavy atom. The first-order valence-corrected chi connectivity index (χ1v) is 14.3. The fraction of sp³-hybridized carbons (Fsp3) is 0.312. The summed E-state index contributed by atoms with van der Waals surface area (Å²) in [5, 5.41) is 1.90. The van der Waals surface area contributed by atoms with Crippen LogP contribution in [-0.2, 0) is 15.3 Å². The Morgan fingerprint density at radius 2 is 1.16 bits per heavy atom. The van der Waals surface area contributed by atoms with Gasteiger partial charge in [0, 0.05) is 10.8 Å². The Balaban J connectivity index is 1.58. The van der Waals surface area contributed by atoms with Gasteiger partial charge in [-0.2, -0.15) is 0 Å². The molecule has 4 rings (SSSR count). The predicted molar refractivity (Wildman–Crippen MR) is 151 cm³/mol. The second-order valence-electron chi connectivity index (χ2n) is 10.7. The zero-order valence-electron chi connectivity index (χ0n) is 22.5. The van der Waals surface area contributed by atoms with Crippen molar-refractivity contribution in [1.82, 2.24) is 0 Å². The minimum absolute atomic E-state index is 0.00197. The molecule has 0 N–H and O–H groups in total. The first-order valence-electron chi connectivity index (χ1n) is 12.8. The van der Waals surface area contributed by atoms with Gasteiger partial charge in [0.1, 0.15) is 22.8 Å². The van der Waals surface area contributed by atoms with Crippen LogP contribution in [0.3, 0.4) is 0 Å². The van der Waals surface area contributed by atoms with Crippen LogP contribution in [0.2, 0.25) is 0 Å². The third-order valence-electron chi connectivity index (χ3n) is 7.27. The van der Waals surface area contributed by atoms with Crippen molar-refractivity contribution >= 4 is 20.6 Å². The van der Waals surface area contributed by atoms with Crippen molar-refractivity contribution in [1.29, 1.82) is 0 Å². The van der Waals surface area contributed by atoms with E-state index in [9.17, 15) is 8.42 Å². The van der Waals surface area contributed by atoms with E-state index in [-0.39, 0.29) is 20.8 Å². The normalized spacial score (nSPS) is 12.5. The molecule has 0 atom stereocenters. The summed E-state index contributed by atoms with van der Waals surface area (Å²) >= 11 is 0. The number of hydrogen-bond donors (Lipinski definition) is 0. The molecule has 0 saturated carbocycles. The number of benzene rings is 4. The highest BCUT2D eigenvalue weighted by molar-refractivity contribution is 7.91. The topological polar surface area (TPSA) is 52.6 Å². The van der Waals surface area contributed by atoms with Crippen molar-refractivity contribution in [3.63, 3.8) is 0 Å². The molecule has 0 aliphatic carbocycles. The molecule has 0 radical (unpaired) electrons. The molecule has 0 unspecified atom stereocenters. The highest BCUT2D eigenvalue weighted by atomic mass is 32.2. The summed E-state index contributed by atoms with van der Waals surface area (Å²) in [6.07, 6.45) is 1.86. The average Bonchev–Trinajstić information content (AvgIpc) is 2.90. The van der Waals surface area contributed by atoms with Crippen molar-refractivity contribution in [3.05, 3.63) is 90.5 Å². The van der Waals surface area contributed by atoms with Crippen LogP contribution in [0.4, 0.5) is 0 Å². The van der Waals surface area contributed by atoms with E-state index in [1.807, 2.05) is 48.5 Å². The van der Waals surface area contributed by atoms with Crippen LogP contribution in [0.25, 0.3) is 10.8 Å². The quantitative estimate of drug-likeness (QED) is 0.223. The number of ether oxygens (including phenoxy) is 2. The first-order chi connectivity index (χ1) is 17.5. The second kappa shape index (κ2) is 10.2. The van der Waals surface area contributed by atoms with Gasteiger partial charge in [-0.25, -0.2) is 8.42 Å². The van der Waals surface area contributed by atoms with E-state index in [4.69, 9.17) is 9.47 Å². The van der Waals surface area contributed by atoms with Crippen LogP contribution in [0.1, 0.15) is 59.9 Å². The fourth-order valence-electron chi connectivity index (χ4n) is 4.03. The molecular formula is C32H36O4S. The number of rotatable bonds is 9. The largest absolute Gasteiger partial charge is 0.487 e. The monoisotopic (exact) mass is 516 g/mol. The number of fused-ring (bicyclic) bond motifs is 1. The maximum Gasteiger partial charge on any atom is 0.206 e. The van der Waals surface area contributed by atoms with Crippen molar-refractivity contribution < 1.29 is 17.9 Å². The standard InChI is InChI=1S/C32H36O4S/c1-7-31(3,4)23-13-17-25(18-14-23)37(33,34)26-19-15-24(16-20-26)35-29-21-22-30(36-32(5,6)8-2)28-12-10-9-11-27(28)29/h9-22H,7-8H2,1-6H3. The van der Waals surface area contributed by atoms with E-state index in [0.29, 0.717) is 11.5 Å². The third-order valence-corrected chi connectivity index (χ3v) is 9.06. The summed E-state index contributed by atoms with van der Waals surface area (Å²) in [5.41, 5.74) is 0.848. The van der Waals surface area contributed by atoms with Gasteiger partial charge in [-0.3, -0.25) is 0 Å². The van der Waals surface area contributed by atoms with Crippen LogP contribution in [-0.4, -0.2) is 14.0 Å². The van der Waals surface area contributed by atoms with E-state index in [1.54, 1.807) is 36.4 Å². The van der Waals surface area contributed by atoms with Gasteiger partial charge in [0.25, 0.3) is 0 Å². The van der Waals surface area contributed by atoms with E-state index < -0.39 is 9.84 Å². The zero-order chi connectivity index (χ0) is 26.8. The van der Waals surface area contributed by atoms with E-state index >= 15 is 0 Å². The molecule has 0 bridgehead atoms. The molecule has 0 aliphatic heterocycles. The van der Waals surface area contributed by atoms with Gasteiger partial charge in [0.2, 0.25) is 9.84 Å². The maximum atomic E-state index is 13.2. The van der Waals surface area contributed by atoms with Crippen molar-refractivity contribution in [2.45, 2.75) is 75.2 Å². The Labute approximate surface area is 221 Å². The molecule has 4 aromatic carbocycles. The molecule has 4 aromatic rings. The molecule has 194 valence electrons. The Morgan fingerprint density at radius 1 is 0.649 bits per heavy atom. The number of hydrogen-bond acceptors (Lipinski definition) is 4. The lowest BCUT2D eigenvalue weighted by Crippen LogP contribution is -2.26. The summed E-state index contributed by atoms with van der Waals surface area (Å²) in [6.45, 7) is 12.7. The lowest BCUT2D eigenvalue weighted by molar-refractivity contribution is 0.107. The molecular weight excluding hydrogens is 480 g/mol. The van der Waals surface area contributed by atoms with Gasteiger partial charge in [-0.1, -0.05) is 64.1 Å². The van der Waals surface area contributed by atoms with Gasteiger partial charge in [-0.15, -0.1) is 0 Å². The van der Waals surface area contributed by atoms with Crippen molar-refractivity contribution in [3.8, 4) is 17.2 Å². The molecule has 4 nitrogen and oxygen atoms in total. The molecule has 0 aliphatic rings. The van der Waals surface area contributed by atoms with Gasteiger partial charge < -0.3 is 9.47 Å². The van der Waals surface area contributed by atoms with Gasteiger partial charge >= 0.3 is 0 Å². The molecule has 0 aromatic heterocycles. The second-order valence-corrected chi connectivity index (χ2v) is 12.6. The summed E-state index contributed by atoms with van der Waals surface area (Å²) < 4.78 is 38.9. The maximum absolute atomic E-state index is 13.2. The predicted octanol–water partition coefficient (Wildman–Crippen LogP) is 8.72. The van der Waals surface area contributed by atoms with E-state index in [0.717, 1.165) is 34.9 Å². The highest BCUT2D eigenvalue weighted by Crippen LogP contribution is 2.37. The summed E-state index contributed by atoms with van der Waals surface area (Å²) in [4.78, 5) is 0.520. The fourth-order valence-corrected chi connectivity index (χ4v) is 5.29. The summed E-state index contributed by atoms with van der Waals surface area (Å²) in [6, 6.07) is 25.6. The van der Waals surface area contributed by atoms with Crippen LogP contribution in [0.5, 0.6) is 17.2 Å².